The van der Waals surface area contributed by atoms with Crippen molar-refractivity contribution in [1.29, 1.82) is 0 Å². The number of rotatable bonds is 4. The van der Waals surface area contributed by atoms with Crippen LogP contribution in [0.4, 0.5) is 13.2 Å². The average molecular weight is 300 g/mol. The molecule has 0 aliphatic carbocycles. The number of piperazine rings is 1. The van der Waals surface area contributed by atoms with Crippen molar-refractivity contribution in [1.82, 2.24) is 10.2 Å². The number of hydrogen-bond acceptors (Lipinski definition) is 2. The molecular weight excluding hydrogens is 277 g/mol. The van der Waals surface area contributed by atoms with Crippen LogP contribution < -0.4 is 5.32 Å². The van der Waals surface area contributed by atoms with Crippen molar-refractivity contribution in [3.8, 4) is 0 Å². The van der Waals surface area contributed by atoms with E-state index in [4.69, 9.17) is 0 Å². The van der Waals surface area contributed by atoms with Gasteiger partial charge in [0.25, 0.3) is 0 Å². The second-order valence-electron chi connectivity index (χ2n) is 6.38. The molecule has 0 saturated carbocycles. The van der Waals surface area contributed by atoms with Gasteiger partial charge in [-0.3, -0.25) is 4.90 Å². The van der Waals surface area contributed by atoms with Crippen LogP contribution in [0.25, 0.3) is 0 Å². The fourth-order valence-corrected chi connectivity index (χ4v) is 2.90. The molecule has 1 heterocycles. The molecule has 1 fully saturated rings. The van der Waals surface area contributed by atoms with E-state index < -0.39 is 12.6 Å². The maximum atomic E-state index is 12.4. The number of halogens is 3. The first-order chi connectivity index (χ1) is 9.77. The standard InChI is InChI=1S/C16H23F3N2/c1-15(2)12-21(10-6-9-16(17,18)19)14(11-20-15)13-7-4-3-5-8-13/h3-5,7-8,14,20H,6,9-12H2,1-2H3. The van der Waals surface area contributed by atoms with E-state index in [2.05, 4.69) is 24.1 Å². The summed E-state index contributed by atoms with van der Waals surface area (Å²) in [7, 11) is 0. The first kappa shape index (κ1) is 16.3. The van der Waals surface area contributed by atoms with Gasteiger partial charge in [-0.05, 0) is 32.4 Å². The van der Waals surface area contributed by atoms with E-state index in [-0.39, 0.29) is 18.0 Å². The third-order valence-corrected chi connectivity index (χ3v) is 3.90. The largest absolute Gasteiger partial charge is 0.389 e. The molecule has 1 atom stereocenters. The summed E-state index contributed by atoms with van der Waals surface area (Å²) in [4.78, 5) is 2.18. The number of nitrogens with zero attached hydrogens (tertiary/aromatic N) is 1. The van der Waals surface area contributed by atoms with E-state index in [1.165, 1.54) is 0 Å². The summed E-state index contributed by atoms with van der Waals surface area (Å²) >= 11 is 0. The molecule has 1 aliphatic rings. The van der Waals surface area contributed by atoms with Crippen molar-refractivity contribution in [2.45, 2.75) is 44.4 Å². The van der Waals surface area contributed by atoms with Gasteiger partial charge in [0, 0.05) is 31.1 Å². The average Bonchev–Trinajstić information content (AvgIpc) is 2.37. The molecule has 2 nitrogen and oxygen atoms in total. The second kappa shape index (κ2) is 6.36. The second-order valence-corrected chi connectivity index (χ2v) is 6.38. The summed E-state index contributed by atoms with van der Waals surface area (Å²) in [5, 5.41) is 3.48. The van der Waals surface area contributed by atoms with Gasteiger partial charge < -0.3 is 5.32 Å². The van der Waals surface area contributed by atoms with Crippen LogP contribution in [0.5, 0.6) is 0 Å². The van der Waals surface area contributed by atoms with Gasteiger partial charge in [-0.25, -0.2) is 0 Å². The Morgan fingerprint density at radius 3 is 2.52 bits per heavy atom. The van der Waals surface area contributed by atoms with Gasteiger partial charge in [0.05, 0.1) is 0 Å². The van der Waals surface area contributed by atoms with Crippen molar-refractivity contribution < 1.29 is 13.2 Å². The van der Waals surface area contributed by atoms with Crippen molar-refractivity contribution >= 4 is 0 Å². The van der Waals surface area contributed by atoms with E-state index in [1.807, 2.05) is 30.3 Å². The Morgan fingerprint density at radius 1 is 1.24 bits per heavy atom. The first-order valence-electron chi connectivity index (χ1n) is 7.38. The summed E-state index contributed by atoms with van der Waals surface area (Å²) in [5.41, 5.74) is 1.09. The molecule has 1 unspecified atom stereocenters. The Morgan fingerprint density at radius 2 is 1.90 bits per heavy atom. The lowest BCUT2D eigenvalue weighted by Crippen LogP contribution is -2.58. The first-order valence-corrected chi connectivity index (χ1v) is 7.38. The van der Waals surface area contributed by atoms with Crippen LogP contribution in [0.2, 0.25) is 0 Å². The summed E-state index contributed by atoms with van der Waals surface area (Å²) in [6.07, 6.45) is -4.62. The van der Waals surface area contributed by atoms with Gasteiger partial charge in [-0.2, -0.15) is 13.2 Å². The summed E-state index contributed by atoms with van der Waals surface area (Å²) in [6.45, 7) is 6.17. The van der Waals surface area contributed by atoms with Crippen LogP contribution in [0.15, 0.2) is 30.3 Å². The minimum absolute atomic E-state index is 0.0660. The van der Waals surface area contributed by atoms with E-state index in [1.54, 1.807) is 0 Å². The Balaban J connectivity index is 2.04. The maximum Gasteiger partial charge on any atom is 0.389 e. The molecule has 5 heteroatoms. The number of benzene rings is 1. The number of hydrogen-bond donors (Lipinski definition) is 1. The van der Waals surface area contributed by atoms with Crippen molar-refractivity contribution in [2.75, 3.05) is 19.6 Å². The van der Waals surface area contributed by atoms with Gasteiger partial charge in [-0.1, -0.05) is 30.3 Å². The van der Waals surface area contributed by atoms with Crippen LogP contribution in [-0.2, 0) is 0 Å². The highest BCUT2D eigenvalue weighted by Gasteiger charge is 2.34. The zero-order chi connectivity index (χ0) is 15.5. The minimum atomic E-state index is -4.06. The number of alkyl halides is 3. The van der Waals surface area contributed by atoms with Gasteiger partial charge >= 0.3 is 6.18 Å². The van der Waals surface area contributed by atoms with Crippen LogP contribution >= 0.6 is 0 Å². The van der Waals surface area contributed by atoms with Crippen molar-refractivity contribution in [3.05, 3.63) is 35.9 Å². The molecule has 21 heavy (non-hydrogen) atoms. The molecule has 0 bridgehead atoms. The SMILES string of the molecule is CC1(C)CN(CCCC(F)(F)F)C(c2ccccc2)CN1. The van der Waals surface area contributed by atoms with Gasteiger partial charge in [0.2, 0.25) is 0 Å². The molecule has 1 aromatic carbocycles. The van der Waals surface area contributed by atoms with E-state index >= 15 is 0 Å². The predicted molar refractivity (Wildman–Crippen MR) is 78.1 cm³/mol. The molecule has 1 aliphatic heterocycles. The Labute approximate surface area is 124 Å². The van der Waals surface area contributed by atoms with Crippen molar-refractivity contribution in [3.63, 3.8) is 0 Å². The van der Waals surface area contributed by atoms with Crippen LogP contribution in [0.1, 0.15) is 38.3 Å². The van der Waals surface area contributed by atoms with Crippen molar-refractivity contribution in [2.24, 2.45) is 0 Å². The molecule has 1 aromatic rings. The highest BCUT2D eigenvalue weighted by molar-refractivity contribution is 5.20. The van der Waals surface area contributed by atoms with Crippen LogP contribution in [0.3, 0.4) is 0 Å². The maximum absolute atomic E-state index is 12.4. The minimum Gasteiger partial charge on any atom is -0.309 e. The van der Waals surface area contributed by atoms with Gasteiger partial charge in [0.1, 0.15) is 0 Å². The molecule has 0 amide bonds. The monoisotopic (exact) mass is 300 g/mol. The number of nitrogens with one attached hydrogen (secondary N) is 1. The van der Waals surface area contributed by atoms with E-state index in [0.29, 0.717) is 6.54 Å². The third kappa shape index (κ3) is 5.00. The quantitative estimate of drug-likeness (QED) is 0.911. The summed E-state index contributed by atoms with van der Waals surface area (Å²) < 4.78 is 37.1. The van der Waals surface area contributed by atoms with E-state index in [9.17, 15) is 13.2 Å². The van der Waals surface area contributed by atoms with Gasteiger partial charge in [-0.15, -0.1) is 0 Å². The summed E-state index contributed by atoms with van der Waals surface area (Å²) in [5.74, 6) is 0. The zero-order valence-electron chi connectivity index (χ0n) is 12.6. The highest BCUT2D eigenvalue weighted by Crippen LogP contribution is 2.28. The highest BCUT2D eigenvalue weighted by atomic mass is 19.4. The lowest BCUT2D eigenvalue weighted by molar-refractivity contribution is -0.136. The Bertz CT molecular complexity index is 443. The molecule has 1 saturated heterocycles. The van der Waals surface area contributed by atoms with Gasteiger partial charge in [0.15, 0.2) is 0 Å². The Kier molecular flexibility index (Phi) is 4.94. The third-order valence-electron chi connectivity index (χ3n) is 3.90. The molecule has 118 valence electrons. The lowest BCUT2D eigenvalue weighted by atomic mass is 9.94. The molecular formula is C16H23F3N2. The topological polar surface area (TPSA) is 15.3 Å². The smallest absolute Gasteiger partial charge is 0.309 e. The normalized spacial score (nSPS) is 23.2. The predicted octanol–water partition coefficient (Wildman–Crippen LogP) is 3.75. The van der Waals surface area contributed by atoms with Crippen LogP contribution in [-0.4, -0.2) is 36.2 Å². The fraction of sp³-hybridized carbons (Fsp3) is 0.625. The summed E-state index contributed by atoms with van der Waals surface area (Å²) in [6, 6.07) is 10.1. The lowest BCUT2D eigenvalue weighted by Gasteiger charge is -2.45. The zero-order valence-corrected chi connectivity index (χ0v) is 12.6. The molecule has 0 aromatic heterocycles. The Hall–Kier alpha value is -1.07. The van der Waals surface area contributed by atoms with E-state index in [0.717, 1.165) is 18.7 Å². The fourth-order valence-electron chi connectivity index (χ4n) is 2.90. The van der Waals surface area contributed by atoms with Crippen LogP contribution in [0, 0.1) is 0 Å². The molecule has 0 spiro atoms. The molecule has 2 rings (SSSR count). The molecule has 0 radical (unpaired) electrons. The molecule has 1 N–H and O–H groups in total.